The molecule has 0 radical (unpaired) electrons. The highest BCUT2D eigenvalue weighted by Crippen LogP contribution is 2.42. The van der Waals surface area contributed by atoms with Crippen molar-refractivity contribution in [1.82, 2.24) is 13.8 Å². The lowest BCUT2D eigenvalue weighted by molar-refractivity contribution is 0.0996. The Labute approximate surface area is 149 Å². The molecule has 0 saturated heterocycles. The molecule has 0 unspecified atom stereocenters. The second-order valence-corrected chi connectivity index (χ2v) is 6.51. The van der Waals surface area contributed by atoms with E-state index in [-0.39, 0.29) is 17.1 Å². The maximum atomic E-state index is 12.1. The normalized spacial score (nSPS) is 11.5. The van der Waals surface area contributed by atoms with Crippen molar-refractivity contribution in [3.05, 3.63) is 53.2 Å². The van der Waals surface area contributed by atoms with Crippen LogP contribution in [0.5, 0.6) is 5.75 Å². The molecule has 4 rings (SSSR count). The van der Waals surface area contributed by atoms with Gasteiger partial charge < -0.3 is 25.4 Å². The number of carbonyl (C=O) groups is 1. The molecule has 0 aliphatic rings. The van der Waals surface area contributed by atoms with Gasteiger partial charge in [-0.1, -0.05) is 6.07 Å². The first kappa shape index (κ1) is 16.0. The lowest BCUT2D eigenvalue weighted by Crippen LogP contribution is -2.16. The van der Waals surface area contributed by atoms with Gasteiger partial charge in [0.2, 0.25) is 0 Å². The van der Waals surface area contributed by atoms with Gasteiger partial charge >= 0.3 is 0 Å². The molecular weight excluding hydrogens is 330 g/mol. The number of nitrogens with zero attached hydrogens (tertiary/aromatic N) is 3. The largest absolute Gasteiger partial charge is 0.508 e. The highest BCUT2D eigenvalue weighted by molar-refractivity contribution is 6.09. The van der Waals surface area contributed by atoms with Crippen LogP contribution in [0.2, 0.25) is 0 Å². The molecule has 26 heavy (non-hydrogen) atoms. The van der Waals surface area contributed by atoms with E-state index >= 15 is 0 Å². The molecule has 7 heteroatoms. The summed E-state index contributed by atoms with van der Waals surface area (Å²) < 4.78 is 3.63. The zero-order chi connectivity index (χ0) is 18.7. The maximum absolute atomic E-state index is 12.1. The van der Waals surface area contributed by atoms with E-state index in [0.717, 1.165) is 16.8 Å². The second-order valence-electron chi connectivity index (χ2n) is 6.51. The van der Waals surface area contributed by atoms with Crippen LogP contribution in [0.25, 0.3) is 22.3 Å². The van der Waals surface area contributed by atoms with Crippen LogP contribution in [0.1, 0.15) is 27.3 Å². The molecule has 0 fully saturated rings. The van der Waals surface area contributed by atoms with Gasteiger partial charge in [0.1, 0.15) is 11.4 Å². The molecule has 5 N–H and O–H groups in total. The van der Waals surface area contributed by atoms with Crippen molar-refractivity contribution in [2.75, 3.05) is 5.73 Å². The van der Waals surface area contributed by atoms with Crippen LogP contribution in [-0.2, 0) is 0 Å². The Balaban J connectivity index is 2.31. The fourth-order valence-corrected chi connectivity index (χ4v) is 3.69. The number of anilines is 1. The number of aromatic hydroxyl groups is 1. The van der Waals surface area contributed by atoms with Gasteiger partial charge in [-0.3, -0.25) is 4.79 Å². The number of hydrogen-bond acceptors (Lipinski definition) is 4. The molecule has 1 aromatic carbocycles. The first-order chi connectivity index (χ1) is 12.3. The number of nitrogens with two attached hydrogens (primary N) is 2. The predicted octanol–water partition coefficient (Wildman–Crippen LogP) is 2.57. The topological polar surface area (TPSA) is 111 Å². The predicted molar refractivity (Wildman–Crippen MR) is 100 cm³/mol. The lowest BCUT2D eigenvalue weighted by Gasteiger charge is -2.12. The third kappa shape index (κ3) is 1.94. The molecular formula is C19H19N5O2. The number of fused-ring (bicyclic) bond motifs is 3. The number of phenolic OH excluding ortho intramolecular Hbond substituents is 1. The van der Waals surface area contributed by atoms with Crippen LogP contribution in [-0.4, -0.2) is 24.8 Å². The summed E-state index contributed by atoms with van der Waals surface area (Å²) in [5.41, 5.74) is 17.8. The standard InChI is InChI=1S/C19H19N5O2/c1-9-4-5-12(25)11(3)13(9)14-15(20)17(18(21)26)24-8-10(2)23-7-6-22-19(23)16(14)24/h4-8,25H,20H2,1-3H3,(H2,21,26). The number of aromatic nitrogens is 3. The number of amides is 1. The Morgan fingerprint density at radius 2 is 1.88 bits per heavy atom. The van der Waals surface area contributed by atoms with Crippen molar-refractivity contribution in [3.8, 4) is 16.9 Å². The fourth-order valence-electron chi connectivity index (χ4n) is 3.69. The number of benzene rings is 1. The number of imidazole rings is 1. The number of aryl methyl sites for hydroxylation is 2. The quantitative estimate of drug-likeness (QED) is 0.516. The van der Waals surface area contributed by atoms with E-state index in [2.05, 4.69) is 4.98 Å². The van der Waals surface area contributed by atoms with Crippen LogP contribution < -0.4 is 11.5 Å². The average molecular weight is 349 g/mol. The van der Waals surface area contributed by atoms with E-state index in [1.165, 1.54) is 0 Å². The van der Waals surface area contributed by atoms with E-state index in [1.54, 1.807) is 16.7 Å². The molecule has 0 aliphatic heterocycles. The van der Waals surface area contributed by atoms with Crippen molar-refractivity contribution in [2.45, 2.75) is 20.8 Å². The fraction of sp³-hybridized carbons (Fsp3) is 0.158. The van der Waals surface area contributed by atoms with Gasteiger partial charge in [0.25, 0.3) is 5.91 Å². The minimum atomic E-state index is -0.616. The highest BCUT2D eigenvalue weighted by Gasteiger charge is 2.26. The zero-order valence-corrected chi connectivity index (χ0v) is 14.7. The van der Waals surface area contributed by atoms with Gasteiger partial charge in [0.15, 0.2) is 5.65 Å². The monoisotopic (exact) mass is 349 g/mol. The van der Waals surface area contributed by atoms with Gasteiger partial charge in [0, 0.05) is 29.8 Å². The zero-order valence-electron chi connectivity index (χ0n) is 14.7. The summed E-state index contributed by atoms with van der Waals surface area (Å²) in [6.45, 7) is 5.67. The molecule has 1 amide bonds. The first-order valence-corrected chi connectivity index (χ1v) is 8.18. The lowest BCUT2D eigenvalue weighted by atomic mass is 9.94. The maximum Gasteiger partial charge on any atom is 0.267 e. The van der Waals surface area contributed by atoms with Crippen molar-refractivity contribution < 1.29 is 9.90 Å². The summed E-state index contributed by atoms with van der Waals surface area (Å²) >= 11 is 0. The Morgan fingerprint density at radius 1 is 1.15 bits per heavy atom. The Bertz CT molecular complexity index is 1220. The van der Waals surface area contributed by atoms with E-state index in [1.807, 2.05) is 43.6 Å². The molecule has 4 aromatic rings. The van der Waals surface area contributed by atoms with E-state index < -0.39 is 5.91 Å². The third-order valence-electron chi connectivity index (χ3n) is 4.92. The van der Waals surface area contributed by atoms with Crippen LogP contribution in [0.4, 0.5) is 5.69 Å². The number of primary amides is 1. The molecule has 3 heterocycles. The first-order valence-electron chi connectivity index (χ1n) is 8.18. The molecule has 3 aromatic heterocycles. The van der Waals surface area contributed by atoms with Crippen LogP contribution in [0, 0.1) is 20.8 Å². The molecule has 0 spiro atoms. The van der Waals surface area contributed by atoms with Gasteiger partial charge in [-0.15, -0.1) is 0 Å². The van der Waals surface area contributed by atoms with E-state index in [0.29, 0.717) is 22.3 Å². The average Bonchev–Trinajstić information content (AvgIpc) is 3.15. The van der Waals surface area contributed by atoms with Crippen molar-refractivity contribution in [1.29, 1.82) is 0 Å². The number of hydrogen-bond donors (Lipinski definition) is 3. The number of nitrogen functional groups attached to an aromatic ring is 1. The smallest absolute Gasteiger partial charge is 0.267 e. The van der Waals surface area contributed by atoms with Crippen LogP contribution >= 0.6 is 0 Å². The number of carbonyl (C=O) groups excluding carboxylic acids is 1. The van der Waals surface area contributed by atoms with E-state index in [9.17, 15) is 9.90 Å². The van der Waals surface area contributed by atoms with E-state index in [4.69, 9.17) is 11.5 Å². The van der Waals surface area contributed by atoms with Crippen molar-refractivity contribution in [3.63, 3.8) is 0 Å². The second kappa shape index (κ2) is 5.26. The van der Waals surface area contributed by atoms with Crippen molar-refractivity contribution in [2.24, 2.45) is 5.73 Å². The minimum absolute atomic E-state index is 0.163. The highest BCUT2D eigenvalue weighted by atomic mass is 16.3. The van der Waals surface area contributed by atoms with Crippen LogP contribution in [0.15, 0.2) is 30.7 Å². The summed E-state index contributed by atoms with van der Waals surface area (Å²) in [6.07, 6.45) is 5.36. The summed E-state index contributed by atoms with van der Waals surface area (Å²) in [6, 6.07) is 3.47. The van der Waals surface area contributed by atoms with Crippen molar-refractivity contribution >= 4 is 22.8 Å². The molecule has 0 saturated carbocycles. The molecule has 0 bridgehead atoms. The summed E-state index contributed by atoms with van der Waals surface area (Å²) in [5.74, 6) is -0.453. The summed E-state index contributed by atoms with van der Waals surface area (Å²) in [7, 11) is 0. The number of rotatable bonds is 2. The Hall–Kier alpha value is -3.48. The Kier molecular flexibility index (Phi) is 3.24. The third-order valence-corrected chi connectivity index (χ3v) is 4.92. The molecule has 7 nitrogen and oxygen atoms in total. The molecule has 132 valence electrons. The van der Waals surface area contributed by atoms with Gasteiger partial charge in [-0.05, 0) is 43.5 Å². The van der Waals surface area contributed by atoms with Gasteiger partial charge in [0.05, 0.1) is 11.2 Å². The minimum Gasteiger partial charge on any atom is -0.508 e. The Morgan fingerprint density at radius 3 is 2.58 bits per heavy atom. The van der Waals surface area contributed by atoms with Gasteiger partial charge in [-0.2, -0.15) is 0 Å². The van der Waals surface area contributed by atoms with Crippen LogP contribution in [0.3, 0.4) is 0 Å². The van der Waals surface area contributed by atoms with Gasteiger partial charge in [-0.25, -0.2) is 4.98 Å². The molecule has 0 aliphatic carbocycles. The summed E-state index contributed by atoms with van der Waals surface area (Å²) in [5, 5.41) is 10.2. The summed E-state index contributed by atoms with van der Waals surface area (Å²) in [4.78, 5) is 16.6. The number of phenols is 1. The molecule has 0 atom stereocenters. The SMILES string of the molecule is Cc1ccc(O)c(C)c1-c1c(N)c(C(N)=O)n2cc(C)n3ccnc3c12.